The van der Waals surface area contributed by atoms with E-state index in [4.69, 9.17) is 25.8 Å². The molecule has 2 aromatic rings. The van der Waals surface area contributed by atoms with Crippen LogP contribution in [0.1, 0.15) is 49.7 Å². The van der Waals surface area contributed by atoms with Gasteiger partial charge in [-0.25, -0.2) is 14.8 Å². The third kappa shape index (κ3) is 7.05. The van der Waals surface area contributed by atoms with Crippen LogP contribution in [0.2, 0.25) is 5.28 Å². The number of ether oxygens (including phenoxy) is 3. The summed E-state index contributed by atoms with van der Waals surface area (Å²) in [4.78, 5) is 22.2. The standard InChI is InChI=1S/C23H31ClN4O4/c1-5-31-23(2,3)32-18-8-6-7-16(13-18)15-28-11-9-17(10-12-28)25-20-14-19(21(29)30-4)26-22(24)27-20/h6-8,13-14,17H,5,9-12,15H2,1-4H3,(H,25,26,27). The number of nitrogens with zero attached hydrogens (tertiary/aromatic N) is 3. The highest BCUT2D eigenvalue weighted by atomic mass is 35.5. The van der Waals surface area contributed by atoms with Crippen molar-refractivity contribution in [3.05, 3.63) is 46.9 Å². The largest absolute Gasteiger partial charge is 0.464 e. The number of nitrogens with one attached hydrogen (secondary N) is 1. The molecule has 1 N–H and O–H groups in total. The molecular formula is C23H31ClN4O4. The van der Waals surface area contributed by atoms with Crippen LogP contribution in [0.5, 0.6) is 5.75 Å². The van der Waals surface area contributed by atoms with E-state index in [-0.39, 0.29) is 17.0 Å². The van der Waals surface area contributed by atoms with Gasteiger partial charge in [-0.1, -0.05) is 12.1 Å². The third-order valence-corrected chi connectivity index (χ3v) is 5.36. The highest BCUT2D eigenvalue weighted by Crippen LogP contribution is 2.23. The van der Waals surface area contributed by atoms with Crippen molar-refractivity contribution in [1.29, 1.82) is 0 Å². The monoisotopic (exact) mass is 462 g/mol. The zero-order valence-corrected chi connectivity index (χ0v) is 19.8. The van der Waals surface area contributed by atoms with E-state index in [0.29, 0.717) is 12.4 Å². The molecule has 0 amide bonds. The van der Waals surface area contributed by atoms with Gasteiger partial charge in [0, 0.05) is 52.2 Å². The molecule has 1 aliphatic rings. The van der Waals surface area contributed by atoms with Gasteiger partial charge in [0.1, 0.15) is 11.6 Å². The van der Waals surface area contributed by atoms with Crippen LogP contribution in [0.15, 0.2) is 30.3 Å². The van der Waals surface area contributed by atoms with Gasteiger partial charge in [0.05, 0.1) is 7.11 Å². The molecule has 174 valence electrons. The van der Waals surface area contributed by atoms with E-state index in [9.17, 15) is 4.79 Å². The molecule has 1 saturated heterocycles. The van der Waals surface area contributed by atoms with E-state index in [1.165, 1.54) is 12.7 Å². The van der Waals surface area contributed by atoms with Crippen LogP contribution in [-0.2, 0) is 16.0 Å². The number of hydrogen-bond acceptors (Lipinski definition) is 8. The van der Waals surface area contributed by atoms with Crippen molar-refractivity contribution in [3.63, 3.8) is 0 Å². The summed E-state index contributed by atoms with van der Waals surface area (Å²) in [6, 6.07) is 9.96. The lowest BCUT2D eigenvalue weighted by atomic mass is 10.0. The average Bonchev–Trinajstić information content (AvgIpc) is 2.74. The molecular weight excluding hydrogens is 432 g/mol. The summed E-state index contributed by atoms with van der Waals surface area (Å²) < 4.78 is 16.3. The number of esters is 1. The minimum Gasteiger partial charge on any atom is -0.464 e. The molecule has 0 bridgehead atoms. The van der Waals surface area contributed by atoms with Crippen LogP contribution >= 0.6 is 11.6 Å². The minimum atomic E-state index is -0.658. The smallest absolute Gasteiger partial charge is 0.356 e. The number of aromatic nitrogens is 2. The van der Waals surface area contributed by atoms with E-state index >= 15 is 0 Å². The summed E-state index contributed by atoms with van der Waals surface area (Å²) in [6.07, 6.45) is 1.89. The fourth-order valence-electron chi connectivity index (χ4n) is 3.77. The van der Waals surface area contributed by atoms with Crippen molar-refractivity contribution in [2.24, 2.45) is 0 Å². The lowest BCUT2D eigenvalue weighted by Crippen LogP contribution is -2.38. The summed E-state index contributed by atoms with van der Waals surface area (Å²) in [5, 5.41) is 3.38. The van der Waals surface area contributed by atoms with Gasteiger partial charge in [-0.2, -0.15) is 0 Å². The molecule has 9 heteroatoms. The van der Waals surface area contributed by atoms with E-state index < -0.39 is 11.8 Å². The maximum Gasteiger partial charge on any atom is 0.356 e. The van der Waals surface area contributed by atoms with Crippen LogP contribution in [-0.4, -0.2) is 59.5 Å². The van der Waals surface area contributed by atoms with E-state index in [2.05, 4.69) is 32.3 Å². The Morgan fingerprint density at radius 2 is 2.00 bits per heavy atom. The van der Waals surface area contributed by atoms with Gasteiger partial charge in [0.2, 0.25) is 11.1 Å². The van der Waals surface area contributed by atoms with E-state index in [1.807, 2.05) is 32.9 Å². The van der Waals surface area contributed by atoms with E-state index in [0.717, 1.165) is 38.2 Å². The number of hydrogen-bond donors (Lipinski definition) is 1. The second kappa shape index (κ2) is 10.9. The van der Waals surface area contributed by atoms with Crippen LogP contribution in [0.3, 0.4) is 0 Å². The first-order valence-corrected chi connectivity index (χ1v) is 11.2. The molecule has 1 aromatic heterocycles. The lowest BCUT2D eigenvalue weighted by Gasteiger charge is -2.33. The number of rotatable bonds is 9. The lowest BCUT2D eigenvalue weighted by molar-refractivity contribution is -0.152. The summed E-state index contributed by atoms with van der Waals surface area (Å²) in [7, 11) is 1.31. The van der Waals surface area contributed by atoms with Crippen molar-refractivity contribution in [2.75, 3.05) is 32.1 Å². The number of likely N-dealkylation sites (tertiary alicyclic amines) is 1. The number of carbonyl (C=O) groups is 1. The summed E-state index contributed by atoms with van der Waals surface area (Å²) in [6.45, 7) is 9.12. The van der Waals surface area contributed by atoms with Crippen molar-refractivity contribution in [2.45, 2.75) is 52.0 Å². The Morgan fingerprint density at radius 1 is 1.25 bits per heavy atom. The molecule has 2 heterocycles. The normalized spacial score (nSPS) is 15.4. The van der Waals surface area contributed by atoms with Crippen LogP contribution in [0.25, 0.3) is 0 Å². The Hall–Kier alpha value is -2.42. The Bertz CT molecular complexity index is 917. The molecule has 0 spiro atoms. The van der Waals surface area contributed by atoms with Crippen LogP contribution in [0, 0.1) is 0 Å². The van der Waals surface area contributed by atoms with Crippen LogP contribution < -0.4 is 10.1 Å². The topological polar surface area (TPSA) is 85.8 Å². The Balaban J connectivity index is 1.53. The molecule has 32 heavy (non-hydrogen) atoms. The fourth-order valence-corrected chi connectivity index (χ4v) is 3.95. The molecule has 1 aromatic carbocycles. The maximum absolute atomic E-state index is 11.7. The van der Waals surface area contributed by atoms with Gasteiger partial charge < -0.3 is 19.5 Å². The highest BCUT2D eigenvalue weighted by Gasteiger charge is 2.22. The Kier molecular flexibility index (Phi) is 8.28. The molecule has 3 rings (SSSR count). The van der Waals surface area contributed by atoms with Gasteiger partial charge in [0.25, 0.3) is 0 Å². The zero-order valence-electron chi connectivity index (χ0n) is 19.1. The average molecular weight is 463 g/mol. The number of benzene rings is 1. The fraction of sp³-hybridized carbons (Fsp3) is 0.522. The number of carbonyl (C=O) groups excluding carboxylic acids is 1. The predicted octanol–water partition coefficient (Wildman–Crippen LogP) is 4.14. The molecule has 1 fully saturated rings. The van der Waals surface area contributed by atoms with Crippen molar-refractivity contribution in [3.8, 4) is 5.75 Å². The second-order valence-electron chi connectivity index (χ2n) is 8.18. The zero-order chi connectivity index (χ0) is 23.1. The molecule has 0 radical (unpaired) electrons. The molecule has 0 unspecified atom stereocenters. The van der Waals surface area contributed by atoms with Crippen molar-refractivity contribution in [1.82, 2.24) is 14.9 Å². The predicted molar refractivity (Wildman–Crippen MR) is 123 cm³/mol. The van der Waals surface area contributed by atoms with Crippen molar-refractivity contribution < 1.29 is 19.0 Å². The molecule has 0 atom stereocenters. The molecule has 0 saturated carbocycles. The first kappa shape index (κ1) is 24.2. The van der Waals surface area contributed by atoms with Gasteiger partial charge in [-0.05, 0) is 49.1 Å². The number of anilines is 1. The second-order valence-corrected chi connectivity index (χ2v) is 8.51. The summed E-state index contributed by atoms with van der Waals surface area (Å²) in [5.41, 5.74) is 1.34. The van der Waals surface area contributed by atoms with Gasteiger partial charge in [-0.3, -0.25) is 4.90 Å². The molecule has 0 aliphatic carbocycles. The number of piperidine rings is 1. The Morgan fingerprint density at radius 3 is 2.69 bits per heavy atom. The third-order valence-electron chi connectivity index (χ3n) is 5.19. The van der Waals surface area contributed by atoms with Gasteiger partial charge in [0.15, 0.2) is 5.69 Å². The molecule has 1 aliphatic heterocycles. The van der Waals surface area contributed by atoms with E-state index in [1.54, 1.807) is 6.07 Å². The quantitative estimate of drug-likeness (QED) is 0.338. The first-order valence-electron chi connectivity index (χ1n) is 10.8. The SMILES string of the molecule is CCOC(C)(C)Oc1cccc(CN2CCC(Nc3cc(C(=O)OC)nc(Cl)n3)CC2)c1. The number of halogens is 1. The highest BCUT2D eigenvalue weighted by molar-refractivity contribution is 6.28. The van der Waals surface area contributed by atoms with Crippen molar-refractivity contribution >= 4 is 23.4 Å². The van der Waals surface area contributed by atoms with Crippen LogP contribution in [0.4, 0.5) is 5.82 Å². The molecule has 8 nitrogen and oxygen atoms in total. The first-order chi connectivity index (χ1) is 15.3. The Labute approximate surface area is 194 Å². The van der Waals surface area contributed by atoms with Gasteiger partial charge in [-0.15, -0.1) is 0 Å². The van der Waals surface area contributed by atoms with Gasteiger partial charge >= 0.3 is 5.97 Å². The summed E-state index contributed by atoms with van der Waals surface area (Å²) in [5.74, 6) is 0.142. The summed E-state index contributed by atoms with van der Waals surface area (Å²) >= 11 is 5.96. The maximum atomic E-state index is 11.7. The minimum absolute atomic E-state index is 0.0162. The number of methoxy groups -OCH3 is 1.